The van der Waals surface area contributed by atoms with E-state index in [1.165, 1.54) is 11.6 Å². The zero-order chi connectivity index (χ0) is 18.1. The van der Waals surface area contributed by atoms with Crippen molar-refractivity contribution in [3.63, 3.8) is 0 Å². The monoisotopic (exact) mass is 330 g/mol. The predicted molar refractivity (Wildman–Crippen MR) is 96.1 cm³/mol. The summed E-state index contributed by atoms with van der Waals surface area (Å²) in [6.07, 6.45) is 4.54. The van der Waals surface area contributed by atoms with Gasteiger partial charge in [0, 0.05) is 29.8 Å². The fourth-order valence-corrected chi connectivity index (χ4v) is 2.11. The van der Waals surface area contributed by atoms with E-state index in [2.05, 4.69) is 19.2 Å². The number of ketones is 1. The SMILES string of the molecule is CC(C=CC(=O)NO)=C[C@@H](C)C(=O)c1ccc(NCC(C)C)cc1. The van der Waals surface area contributed by atoms with Gasteiger partial charge in [-0.05, 0) is 37.1 Å². The molecule has 0 radical (unpaired) electrons. The van der Waals surface area contributed by atoms with E-state index in [1.54, 1.807) is 19.1 Å². The van der Waals surface area contributed by atoms with Crippen LogP contribution in [0.5, 0.6) is 0 Å². The van der Waals surface area contributed by atoms with Gasteiger partial charge in [0.2, 0.25) is 0 Å². The summed E-state index contributed by atoms with van der Waals surface area (Å²) in [6.45, 7) is 8.78. The maximum Gasteiger partial charge on any atom is 0.267 e. The normalized spacial score (nSPS) is 13.2. The average Bonchev–Trinajstić information content (AvgIpc) is 2.57. The molecule has 1 aromatic carbocycles. The highest BCUT2D eigenvalue weighted by atomic mass is 16.5. The van der Waals surface area contributed by atoms with Crippen molar-refractivity contribution in [3.05, 3.63) is 53.6 Å². The topological polar surface area (TPSA) is 78.4 Å². The van der Waals surface area contributed by atoms with Gasteiger partial charge in [0.15, 0.2) is 5.78 Å². The van der Waals surface area contributed by atoms with Crippen molar-refractivity contribution in [3.8, 4) is 0 Å². The number of carbonyl (C=O) groups is 2. The summed E-state index contributed by atoms with van der Waals surface area (Å²) in [5, 5.41) is 11.7. The number of nitrogens with one attached hydrogen (secondary N) is 2. The number of hydroxylamine groups is 1. The van der Waals surface area contributed by atoms with Crippen molar-refractivity contribution in [1.29, 1.82) is 0 Å². The van der Waals surface area contributed by atoms with E-state index in [-0.39, 0.29) is 11.7 Å². The van der Waals surface area contributed by atoms with E-state index in [0.29, 0.717) is 11.5 Å². The van der Waals surface area contributed by atoms with Crippen molar-refractivity contribution in [2.75, 3.05) is 11.9 Å². The summed E-state index contributed by atoms with van der Waals surface area (Å²) < 4.78 is 0. The van der Waals surface area contributed by atoms with E-state index >= 15 is 0 Å². The molecule has 0 aliphatic rings. The molecule has 5 heteroatoms. The Labute approximate surface area is 143 Å². The summed E-state index contributed by atoms with van der Waals surface area (Å²) >= 11 is 0. The lowest BCUT2D eigenvalue weighted by atomic mass is 9.97. The molecule has 0 fully saturated rings. The molecule has 0 bridgehead atoms. The van der Waals surface area contributed by atoms with Gasteiger partial charge in [-0.1, -0.05) is 38.5 Å². The van der Waals surface area contributed by atoms with Crippen LogP contribution in [-0.4, -0.2) is 23.4 Å². The smallest absolute Gasteiger partial charge is 0.267 e. The minimum atomic E-state index is -0.605. The summed E-state index contributed by atoms with van der Waals surface area (Å²) in [4.78, 5) is 23.4. The minimum absolute atomic E-state index is 0.0183. The van der Waals surface area contributed by atoms with E-state index in [1.807, 2.05) is 31.2 Å². The molecule has 1 aromatic rings. The lowest BCUT2D eigenvalue weighted by Crippen LogP contribution is -2.15. The number of carbonyl (C=O) groups excluding carboxylic acids is 2. The van der Waals surface area contributed by atoms with Crippen LogP contribution >= 0.6 is 0 Å². The molecule has 0 saturated carbocycles. The lowest BCUT2D eigenvalue weighted by Gasteiger charge is -2.10. The zero-order valence-corrected chi connectivity index (χ0v) is 14.7. The largest absolute Gasteiger partial charge is 0.385 e. The lowest BCUT2D eigenvalue weighted by molar-refractivity contribution is -0.124. The first-order valence-electron chi connectivity index (χ1n) is 8.02. The second-order valence-electron chi connectivity index (χ2n) is 6.23. The van der Waals surface area contributed by atoms with Crippen LogP contribution in [0.25, 0.3) is 0 Å². The van der Waals surface area contributed by atoms with Gasteiger partial charge in [0.1, 0.15) is 0 Å². The number of benzene rings is 1. The third-order valence-electron chi connectivity index (χ3n) is 3.42. The molecule has 0 unspecified atom stereocenters. The molecule has 0 aliphatic carbocycles. The van der Waals surface area contributed by atoms with Gasteiger partial charge in [0.25, 0.3) is 5.91 Å². The molecule has 1 rings (SSSR count). The van der Waals surface area contributed by atoms with Crippen molar-refractivity contribution >= 4 is 17.4 Å². The third-order valence-corrected chi connectivity index (χ3v) is 3.42. The molecule has 0 saturated heterocycles. The van der Waals surface area contributed by atoms with Crippen LogP contribution in [-0.2, 0) is 4.79 Å². The number of rotatable bonds is 8. The van der Waals surface area contributed by atoms with Crippen LogP contribution < -0.4 is 10.8 Å². The predicted octanol–water partition coefficient (Wildman–Crippen LogP) is 3.58. The fraction of sp³-hybridized carbons (Fsp3) is 0.368. The Hall–Kier alpha value is -2.40. The average molecular weight is 330 g/mol. The fourth-order valence-electron chi connectivity index (χ4n) is 2.11. The second kappa shape index (κ2) is 9.67. The molecule has 130 valence electrons. The van der Waals surface area contributed by atoms with Crippen LogP contribution in [0, 0.1) is 11.8 Å². The number of anilines is 1. The zero-order valence-electron chi connectivity index (χ0n) is 14.7. The molecule has 0 aliphatic heterocycles. The highest BCUT2D eigenvalue weighted by Crippen LogP contribution is 2.16. The number of hydrogen-bond donors (Lipinski definition) is 3. The highest BCUT2D eigenvalue weighted by molar-refractivity contribution is 5.99. The highest BCUT2D eigenvalue weighted by Gasteiger charge is 2.13. The summed E-state index contributed by atoms with van der Waals surface area (Å²) in [5.41, 5.74) is 3.94. The molecule has 0 aromatic heterocycles. The van der Waals surface area contributed by atoms with E-state index in [4.69, 9.17) is 5.21 Å². The minimum Gasteiger partial charge on any atom is -0.385 e. The van der Waals surface area contributed by atoms with Crippen LogP contribution in [0.3, 0.4) is 0 Å². The maximum absolute atomic E-state index is 12.4. The van der Waals surface area contributed by atoms with Crippen LogP contribution in [0.1, 0.15) is 38.1 Å². The summed E-state index contributed by atoms with van der Waals surface area (Å²) in [6, 6.07) is 7.45. The van der Waals surface area contributed by atoms with Crippen LogP contribution in [0.2, 0.25) is 0 Å². The summed E-state index contributed by atoms with van der Waals surface area (Å²) in [5.74, 6) is -0.335. The first-order chi connectivity index (χ1) is 11.3. The van der Waals surface area contributed by atoms with E-state index in [0.717, 1.165) is 17.8 Å². The van der Waals surface area contributed by atoms with Crippen molar-refractivity contribution < 1.29 is 14.8 Å². The Morgan fingerprint density at radius 3 is 2.29 bits per heavy atom. The van der Waals surface area contributed by atoms with Crippen LogP contribution in [0.4, 0.5) is 5.69 Å². The van der Waals surface area contributed by atoms with E-state index < -0.39 is 5.91 Å². The van der Waals surface area contributed by atoms with Crippen molar-refractivity contribution in [2.24, 2.45) is 11.8 Å². The van der Waals surface area contributed by atoms with Crippen molar-refractivity contribution in [2.45, 2.75) is 27.7 Å². The molecule has 3 N–H and O–H groups in total. The Balaban J connectivity index is 2.71. The van der Waals surface area contributed by atoms with Crippen molar-refractivity contribution in [1.82, 2.24) is 5.48 Å². The number of amides is 1. The molecule has 0 heterocycles. The second-order valence-corrected chi connectivity index (χ2v) is 6.23. The van der Waals surface area contributed by atoms with Gasteiger partial charge in [-0.3, -0.25) is 14.8 Å². The first-order valence-corrected chi connectivity index (χ1v) is 8.02. The molecule has 24 heavy (non-hydrogen) atoms. The first kappa shape index (κ1) is 19.6. The molecule has 1 atom stereocenters. The van der Waals surface area contributed by atoms with Gasteiger partial charge >= 0.3 is 0 Å². The van der Waals surface area contributed by atoms with Gasteiger partial charge in [-0.15, -0.1) is 0 Å². The standard InChI is InChI=1S/C19H26N2O3/c1-13(2)12-20-17-8-6-16(7-9-17)19(23)15(4)11-14(3)5-10-18(22)21-24/h5-11,13,15,20,24H,12H2,1-4H3,(H,21,22)/t15-/m1/s1. The molecule has 0 spiro atoms. The van der Waals surface area contributed by atoms with Gasteiger partial charge < -0.3 is 5.32 Å². The molecular formula is C19H26N2O3. The molecule has 5 nitrogen and oxygen atoms in total. The van der Waals surface area contributed by atoms with E-state index in [9.17, 15) is 9.59 Å². The summed E-state index contributed by atoms with van der Waals surface area (Å²) in [7, 11) is 0. The Morgan fingerprint density at radius 2 is 1.75 bits per heavy atom. The number of Topliss-reactive ketones (excluding diaryl/α,β-unsaturated/α-hetero) is 1. The molecule has 1 amide bonds. The third kappa shape index (κ3) is 6.79. The molecular weight excluding hydrogens is 304 g/mol. The van der Waals surface area contributed by atoms with Gasteiger partial charge in [0.05, 0.1) is 0 Å². The Bertz CT molecular complexity index is 616. The van der Waals surface area contributed by atoms with Gasteiger partial charge in [-0.2, -0.15) is 0 Å². The number of hydrogen-bond acceptors (Lipinski definition) is 4. The van der Waals surface area contributed by atoms with Crippen LogP contribution in [0.15, 0.2) is 48.1 Å². The Kier molecular flexibility index (Phi) is 7.92. The quantitative estimate of drug-likeness (QED) is 0.224. The van der Waals surface area contributed by atoms with Gasteiger partial charge in [-0.25, -0.2) is 5.48 Å². The number of allylic oxidation sites excluding steroid dienone is 3. The Morgan fingerprint density at radius 1 is 1.12 bits per heavy atom. The maximum atomic E-state index is 12.4.